The van der Waals surface area contributed by atoms with Crippen molar-refractivity contribution in [2.45, 2.75) is 31.8 Å². The van der Waals surface area contributed by atoms with Crippen LogP contribution in [0.2, 0.25) is 0 Å². The number of cyclic esters (lactones) is 1. The van der Waals surface area contributed by atoms with E-state index in [-0.39, 0.29) is 12.2 Å². The summed E-state index contributed by atoms with van der Waals surface area (Å²) in [5.41, 5.74) is 1.02. The highest BCUT2D eigenvalue weighted by atomic mass is 16.6. The molecule has 0 bridgehead atoms. The van der Waals surface area contributed by atoms with Gasteiger partial charge in [-0.2, -0.15) is 0 Å². The van der Waals surface area contributed by atoms with E-state index < -0.39 is 0 Å². The van der Waals surface area contributed by atoms with E-state index in [1.807, 2.05) is 6.92 Å². The molecule has 1 aromatic rings. The van der Waals surface area contributed by atoms with E-state index in [2.05, 4.69) is 15.3 Å². The van der Waals surface area contributed by atoms with Crippen molar-refractivity contribution in [3.63, 3.8) is 0 Å². The molecule has 19 heavy (non-hydrogen) atoms. The highest BCUT2D eigenvalue weighted by Crippen LogP contribution is 2.24. The van der Waals surface area contributed by atoms with E-state index in [4.69, 9.17) is 4.74 Å². The Kier molecular flexibility index (Phi) is 3.33. The number of aromatic nitrogens is 2. The molecular weight excluding hydrogens is 244 g/mol. The van der Waals surface area contributed by atoms with Gasteiger partial charge in [0, 0.05) is 5.92 Å². The number of nitrogens with one attached hydrogen (secondary N) is 1. The van der Waals surface area contributed by atoms with Crippen LogP contribution in [-0.2, 0) is 4.74 Å². The van der Waals surface area contributed by atoms with Crippen molar-refractivity contribution in [1.29, 1.82) is 0 Å². The third kappa shape index (κ3) is 2.53. The summed E-state index contributed by atoms with van der Waals surface area (Å²) in [5.74, 6) is 1.05. The van der Waals surface area contributed by atoms with Crippen molar-refractivity contribution in [3.05, 3.63) is 18.1 Å². The third-order valence-electron chi connectivity index (χ3n) is 3.65. The van der Waals surface area contributed by atoms with Crippen LogP contribution in [0.4, 0.5) is 10.6 Å². The zero-order chi connectivity index (χ0) is 13.2. The summed E-state index contributed by atoms with van der Waals surface area (Å²) in [6.45, 7) is 4.48. The zero-order valence-electron chi connectivity index (χ0n) is 11.0. The van der Waals surface area contributed by atoms with Gasteiger partial charge in [-0.3, -0.25) is 9.88 Å². The number of nitrogens with zero attached hydrogens (tertiary/aromatic N) is 3. The van der Waals surface area contributed by atoms with Gasteiger partial charge in [0.15, 0.2) is 5.82 Å². The lowest BCUT2D eigenvalue weighted by Crippen LogP contribution is -2.28. The van der Waals surface area contributed by atoms with Crippen LogP contribution in [0.15, 0.2) is 12.4 Å². The fourth-order valence-corrected chi connectivity index (χ4v) is 2.59. The van der Waals surface area contributed by atoms with E-state index in [0.29, 0.717) is 18.3 Å². The number of carbonyl (C=O) groups excluding carboxylic acids is 1. The summed E-state index contributed by atoms with van der Waals surface area (Å²) >= 11 is 0. The largest absolute Gasteiger partial charge is 0.444 e. The lowest BCUT2D eigenvalue weighted by Gasteiger charge is -2.22. The fraction of sp³-hybridized carbons (Fsp3) is 0.615. The van der Waals surface area contributed by atoms with Crippen LogP contribution in [0.25, 0.3) is 0 Å². The van der Waals surface area contributed by atoms with E-state index >= 15 is 0 Å². The molecule has 6 heteroatoms. The number of hydrogen-bond donors (Lipinski definition) is 1. The van der Waals surface area contributed by atoms with Gasteiger partial charge in [-0.05, 0) is 32.9 Å². The number of ether oxygens (including phenoxy) is 1. The molecule has 102 valence electrons. The van der Waals surface area contributed by atoms with Crippen LogP contribution in [0.1, 0.15) is 31.4 Å². The molecule has 3 rings (SSSR count). The first-order chi connectivity index (χ1) is 9.24. The first-order valence-corrected chi connectivity index (χ1v) is 6.75. The van der Waals surface area contributed by atoms with Crippen molar-refractivity contribution < 1.29 is 9.53 Å². The van der Waals surface area contributed by atoms with E-state index in [9.17, 15) is 4.79 Å². The van der Waals surface area contributed by atoms with Gasteiger partial charge in [0.1, 0.15) is 6.10 Å². The Morgan fingerprint density at radius 2 is 2.11 bits per heavy atom. The van der Waals surface area contributed by atoms with Crippen molar-refractivity contribution >= 4 is 11.9 Å². The average molecular weight is 262 g/mol. The molecule has 6 nitrogen and oxygen atoms in total. The Morgan fingerprint density at radius 1 is 1.32 bits per heavy atom. The molecule has 2 aliphatic rings. The van der Waals surface area contributed by atoms with Crippen LogP contribution in [0.5, 0.6) is 0 Å². The second-order valence-corrected chi connectivity index (χ2v) is 5.13. The van der Waals surface area contributed by atoms with Crippen molar-refractivity contribution in [3.8, 4) is 0 Å². The van der Waals surface area contributed by atoms with Crippen molar-refractivity contribution in [2.24, 2.45) is 0 Å². The maximum Gasteiger partial charge on any atom is 0.415 e. The molecule has 1 aromatic heterocycles. The molecule has 0 spiro atoms. The minimum atomic E-state index is -0.337. The van der Waals surface area contributed by atoms with E-state index in [1.165, 1.54) is 4.90 Å². The number of carbonyl (C=O) groups is 1. The topological polar surface area (TPSA) is 67.4 Å². The van der Waals surface area contributed by atoms with Crippen LogP contribution in [0.3, 0.4) is 0 Å². The van der Waals surface area contributed by atoms with Gasteiger partial charge in [-0.25, -0.2) is 9.78 Å². The van der Waals surface area contributed by atoms with Crippen LogP contribution >= 0.6 is 0 Å². The van der Waals surface area contributed by atoms with Gasteiger partial charge < -0.3 is 10.1 Å². The maximum absolute atomic E-state index is 11.6. The van der Waals surface area contributed by atoms with Gasteiger partial charge in [-0.15, -0.1) is 0 Å². The van der Waals surface area contributed by atoms with Gasteiger partial charge in [0.05, 0.1) is 24.6 Å². The number of rotatable bonds is 2. The molecule has 2 aliphatic heterocycles. The van der Waals surface area contributed by atoms with Gasteiger partial charge >= 0.3 is 6.09 Å². The molecule has 1 amide bonds. The molecule has 1 N–H and O–H groups in total. The highest BCUT2D eigenvalue weighted by Gasteiger charge is 2.30. The molecule has 0 unspecified atom stereocenters. The van der Waals surface area contributed by atoms with Gasteiger partial charge in [0.2, 0.25) is 0 Å². The second kappa shape index (κ2) is 5.13. The maximum atomic E-state index is 11.6. The van der Waals surface area contributed by atoms with Gasteiger partial charge in [-0.1, -0.05) is 0 Å². The normalized spacial score (nSPS) is 24.6. The monoisotopic (exact) mass is 262 g/mol. The molecule has 1 atom stereocenters. The zero-order valence-corrected chi connectivity index (χ0v) is 11.0. The van der Waals surface area contributed by atoms with Crippen molar-refractivity contribution in [1.82, 2.24) is 15.3 Å². The summed E-state index contributed by atoms with van der Waals surface area (Å²) < 4.78 is 5.09. The average Bonchev–Trinajstić information content (AvgIpc) is 2.79. The lowest BCUT2D eigenvalue weighted by atomic mass is 9.95. The summed E-state index contributed by atoms with van der Waals surface area (Å²) in [6.07, 6.45) is 5.24. The number of piperidine rings is 1. The molecule has 0 saturated carbocycles. The predicted molar refractivity (Wildman–Crippen MR) is 70.2 cm³/mol. The molecule has 3 heterocycles. The molecule has 2 fully saturated rings. The summed E-state index contributed by atoms with van der Waals surface area (Å²) in [6, 6.07) is 0. The molecule has 0 aromatic carbocycles. The predicted octanol–water partition coefficient (Wildman–Crippen LogP) is 1.29. The number of amides is 1. The minimum Gasteiger partial charge on any atom is -0.444 e. The second-order valence-electron chi connectivity index (χ2n) is 5.13. The van der Waals surface area contributed by atoms with Crippen molar-refractivity contribution in [2.75, 3.05) is 24.5 Å². The van der Waals surface area contributed by atoms with Crippen LogP contribution in [0, 0.1) is 0 Å². The highest BCUT2D eigenvalue weighted by molar-refractivity contribution is 5.88. The van der Waals surface area contributed by atoms with Crippen LogP contribution in [-0.4, -0.2) is 41.8 Å². The van der Waals surface area contributed by atoms with E-state index in [1.54, 1.807) is 12.4 Å². The molecule has 0 radical (unpaired) electrons. The first kappa shape index (κ1) is 12.3. The Bertz CT molecular complexity index is 456. The first-order valence-electron chi connectivity index (χ1n) is 6.75. The number of anilines is 1. The standard InChI is InChI=1S/C13H18N4O2/c1-9-8-17(13(18)19-9)12-7-15-11(6-16-12)10-2-4-14-5-3-10/h6-7,9-10,14H,2-5,8H2,1H3/t9-/m1/s1. The molecule has 0 aliphatic carbocycles. The quantitative estimate of drug-likeness (QED) is 0.870. The minimum absolute atomic E-state index is 0.0848. The third-order valence-corrected chi connectivity index (χ3v) is 3.65. The smallest absolute Gasteiger partial charge is 0.415 e. The summed E-state index contributed by atoms with van der Waals surface area (Å²) in [4.78, 5) is 22.0. The molecular formula is C13H18N4O2. The fourth-order valence-electron chi connectivity index (χ4n) is 2.59. The van der Waals surface area contributed by atoms with E-state index in [0.717, 1.165) is 31.6 Å². The summed E-state index contributed by atoms with van der Waals surface area (Å²) in [5, 5.41) is 3.33. The number of hydrogen-bond acceptors (Lipinski definition) is 5. The Morgan fingerprint density at radius 3 is 2.68 bits per heavy atom. The van der Waals surface area contributed by atoms with Crippen LogP contribution < -0.4 is 10.2 Å². The SMILES string of the molecule is C[C@@H]1CN(c2cnc(C3CCNCC3)cn2)C(=O)O1. The summed E-state index contributed by atoms with van der Waals surface area (Å²) in [7, 11) is 0. The molecule has 2 saturated heterocycles. The van der Waals surface area contributed by atoms with Gasteiger partial charge in [0.25, 0.3) is 0 Å². The Labute approximate surface area is 112 Å². The Balaban J connectivity index is 1.73. The Hall–Kier alpha value is -1.69. The lowest BCUT2D eigenvalue weighted by molar-refractivity contribution is 0.150.